The Morgan fingerprint density at radius 3 is 2.35 bits per heavy atom. The molecule has 1 unspecified atom stereocenters. The van der Waals surface area contributed by atoms with E-state index in [0.29, 0.717) is 4.90 Å². The van der Waals surface area contributed by atoms with Gasteiger partial charge in [-0.2, -0.15) is 8.78 Å². The van der Waals surface area contributed by atoms with Crippen molar-refractivity contribution in [3.63, 3.8) is 0 Å². The molecule has 1 saturated heterocycles. The number of urea groups is 1. The molecule has 0 spiro atoms. The highest BCUT2D eigenvalue weighted by Gasteiger charge is 2.49. The number of halogens is 4. The van der Waals surface area contributed by atoms with Crippen molar-refractivity contribution in [1.29, 1.82) is 0 Å². The van der Waals surface area contributed by atoms with Gasteiger partial charge < -0.3 is 20.7 Å². The van der Waals surface area contributed by atoms with Crippen LogP contribution in [-0.2, 0) is 19.9 Å². The van der Waals surface area contributed by atoms with Crippen LogP contribution in [0.2, 0.25) is 0 Å². The smallest absolute Gasteiger partial charge is 0.387 e. The minimum atomic E-state index is -3.03. The number of hydrogen-bond donors (Lipinski definition) is 3. The lowest BCUT2D eigenvalue weighted by Crippen LogP contribution is -2.44. The number of amides is 5. The molecule has 0 bridgehead atoms. The van der Waals surface area contributed by atoms with Gasteiger partial charge in [-0.1, -0.05) is 12.1 Å². The van der Waals surface area contributed by atoms with Crippen LogP contribution in [0.15, 0.2) is 42.5 Å². The van der Waals surface area contributed by atoms with E-state index >= 15 is 0 Å². The van der Waals surface area contributed by atoms with Crippen molar-refractivity contribution >= 4 is 29.4 Å². The summed E-state index contributed by atoms with van der Waals surface area (Å²) in [6.07, 6.45) is 0. The van der Waals surface area contributed by atoms with Crippen LogP contribution in [0, 0.1) is 11.6 Å². The molecular formula is C21H18F4N4O5. The number of benzene rings is 2. The molecule has 0 aliphatic carbocycles. The molecule has 1 aliphatic rings. The predicted molar refractivity (Wildman–Crippen MR) is 109 cm³/mol. The summed E-state index contributed by atoms with van der Waals surface area (Å²) in [7, 11) is 0. The highest BCUT2D eigenvalue weighted by Crippen LogP contribution is 2.30. The van der Waals surface area contributed by atoms with E-state index in [1.807, 2.05) is 0 Å². The maximum atomic E-state index is 13.2. The van der Waals surface area contributed by atoms with Crippen molar-refractivity contribution in [2.45, 2.75) is 19.1 Å². The molecule has 3 N–H and O–H groups in total. The second-order valence-corrected chi connectivity index (χ2v) is 7.30. The van der Waals surface area contributed by atoms with E-state index < -0.39 is 60.6 Å². The van der Waals surface area contributed by atoms with Crippen molar-refractivity contribution < 1.29 is 41.5 Å². The zero-order valence-electron chi connectivity index (χ0n) is 17.5. The Morgan fingerprint density at radius 1 is 1.06 bits per heavy atom. The van der Waals surface area contributed by atoms with Gasteiger partial charge in [-0.15, -0.1) is 0 Å². The quantitative estimate of drug-likeness (QED) is 0.394. The summed E-state index contributed by atoms with van der Waals surface area (Å²) in [6.45, 7) is -2.92. The molecule has 2 aromatic rings. The molecule has 1 fully saturated rings. The lowest BCUT2D eigenvalue weighted by molar-refractivity contribution is -0.135. The van der Waals surface area contributed by atoms with E-state index in [0.717, 1.165) is 18.2 Å². The molecule has 34 heavy (non-hydrogen) atoms. The van der Waals surface area contributed by atoms with Gasteiger partial charge in [-0.3, -0.25) is 19.3 Å². The maximum absolute atomic E-state index is 13.2. The minimum absolute atomic E-state index is 0.0343. The van der Waals surface area contributed by atoms with E-state index in [9.17, 15) is 36.7 Å². The number of carbonyl (C=O) groups excluding carboxylic acids is 4. The lowest BCUT2D eigenvalue weighted by atomic mass is 9.92. The van der Waals surface area contributed by atoms with E-state index in [1.165, 1.54) is 31.2 Å². The van der Waals surface area contributed by atoms with Gasteiger partial charge in [0.15, 0.2) is 11.6 Å². The number of hydrogen-bond acceptors (Lipinski definition) is 5. The standard InChI is InChI=1S/C21H18F4N4O5/c1-21(11-2-5-13(6-3-11)34-19(24)25)18(32)29(20(33)28-21)10-17(31)26-9-16(30)27-12-4-7-14(22)15(23)8-12/h2-8,19H,9-10H2,1H3,(H,26,31)(H,27,30)(H,28,33). The fraction of sp³-hybridized carbons (Fsp3) is 0.238. The summed E-state index contributed by atoms with van der Waals surface area (Å²) >= 11 is 0. The average molecular weight is 482 g/mol. The van der Waals surface area contributed by atoms with Gasteiger partial charge in [0, 0.05) is 11.8 Å². The Morgan fingerprint density at radius 2 is 1.74 bits per heavy atom. The van der Waals surface area contributed by atoms with Gasteiger partial charge >= 0.3 is 12.6 Å². The Hall–Kier alpha value is -4.16. The summed E-state index contributed by atoms with van der Waals surface area (Å²) in [5.74, 6) is -4.77. The number of nitrogens with one attached hydrogen (secondary N) is 3. The molecule has 0 aromatic heterocycles. The molecule has 180 valence electrons. The second-order valence-electron chi connectivity index (χ2n) is 7.30. The minimum Gasteiger partial charge on any atom is -0.435 e. The SMILES string of the molecule is CC1(c2ccc(OC(F)F)cc2)NC(=O)N(CC(=O)NCC(=O)Nc2ccc(F)c(F)c2)C1=O. The third kappa shape index (κ3) is 5.42. The molecule has 1 aliphatic heterocycles. The fourth-order valence-electron chi connectivity index (χ4n) is 3.16. The number of carbonyl (C=O) groups is 4. The Kier molecular flexibility index (Phi) is 7.03. The summed E-state index contributed by atoms with van der Waals surface area (Å²) < 4.78 is 55.0. The molecule has 9 nitrogen and oxygen atoms in total. The van der Waals surface area contributed by atoms with Gasteiger partial charge in [-0.05, 0) is 36.8 Å². The summed E-state index contributed by atoms with van der Waals surface area (Å²) in [4.78, 5) is 49.9. The first kappa shape index (κ1) is 24.5. The second kappa shape index (κ2) is 9.77. The van der Waals surface area contributed by atoms with Crippen LogP contribution in [0.25, 0.3) is 0 Å². The fourth-order valence-corrected chi connectivity index (χ4v) is 3.16. The zero-order valence-corrected chi connectivity index (χ0v) is 17.5. The van der Waals surface area contributed by atoms with Gasteiger partial charge in [-0.25, -0.2) is 13.6 Å². The van der Waals surface area contributed by atoms with Crippen molar-refractivity contribution in [1.82, 2.24) is 15.5 Å². The van der Waals surface area contributed by atoms with E-state index in [4.69, 9.17) is 0 Å². The molecule has 0 saturated carbocycles. The molecule has 13 heteroatoms. The van der Waals surface area contributed by atoms with Gasteiger partial charge in [0.2, 0.25) is 11.8 Å². The van der Waals surface area contributed by atoms with Gasteiger partial charge in [0.05, 0.1) is 6.54 Å². The number of imide groups is 1. The number of anilines is 1. The van der Waals surface area contributed by atoms with Crippen LogP contribution < -0.4 is 20.7 Å². The molecule has 0 radical (unpaired) electrons. The van der Waals surface area contributed by atoms with Crippen molar-refractivity contribution in [2.75, 3.05) is 18.4 Å². The van der Waals surface area contributed by atoms with Crippen molar-refractivity contribution in [2.24, 2.45) is 0 Å². The first-order chi connectivity index (χ1) is 16.0. The summed E-state index contributed by atoms with van der Waals surface area (Å²) in [5.41, 5.74) is -1.33. The molecule has 5 amide bonds. The first-order valence-electron chi connectivity index (χ1n) is 9.70. The number of nitrogens with zero attached hydrogens (tertiary/aromatic N) is 1. The number of ether oxygens (including phenoxy) is 1. The molecule has 1 heterocycles. The summed E-state index contributed by atoms with van der Waals surface area (Å²) in [6, 6.07) is 6.87. The van der Waals surface area contributed by atoms with Crippen molar-refractivity contribution in [3.8, 4) is 5.75 Å². The maximum Gasteiger partial charge on any atom is 0.387 e. The highest BCUT2D eigenvalue weighted by atomic mass is 19.3. The zero-order chi connectivity index (χ0) is 25.0. The van der Waals surface area contributed by atoms with Crippen LogP contribution in [0.3, 0.4) is 0 Å². The van der Waals surface area contributed by atoms with Crippen LogP contribution >= 0.6 is 0 Å². The Balaban J connectivity index is 1.57. The predicted octanol–water partition coefficient (Wildman–Crippen LogP) is 2.09. The van der Waals surface area contributed by atoms with Crippen LogP contribution in [0.4, 0.5) is 28.0 Å². The van der Waals surface area contributed by atoms with Gasteiger partial charge in [0.25, 0.3) is 5.91 Å². The lowest BCUT2D eigenvalue weighted by Gasteiger charge is -2.22. The van der Waals surface area contributed by atoms with E-state index in [2.05, 4.69) is 20.7 Å². The Labute approximate surface area is 190 Å². The molecule has 1 atom stereocenters. The average Bonchev–Trinajstić information content (AvgIpc) is 2.99. The van der Waals surface area contributed by atoms with E-state index in [1.54, 1.807) is 0 Å². The summed E-state index contributed by atoms with van der Waals surface area (Å²) in [5, 5.41) is 6.90. The largest absolute Gasteiger partial charge is 0.435 e. The van der Waals surface area contributed by atoms with Crippen molar-refractivity contribution in [3.05, 3.63) is 59.7 Å². The number of rotatable bonds is 8. The Bertz CT molecular complexity index is 1130. The van der Waals surface area contributed by atoms with Crippen LogP contribution in [0.5, 0.6) is 5.75 Å². The monoisotopic (exact) mass is 482 g/mol. The normalized spacial score (nSPS) is 17.5. The molecule has 3 rings (SSSR count). The van der Waals surface area contributed by atoms with Gasteiger partial charge in [0.1, 0.15) is 17.8 Å². The third-order valence-electron chi connectivity index (χ3n) is 4.88. The number of alkyl halides is 2. The van der Waals surface area contributed by atoms with Crippen LogP contribution in [-0.4, -0.2) is 48.4 Å². The van der Waals surface area contributed by atoms with Crippen LogP contribution in [0.1, 0.15) is 12.5 Å². The topological polar surface area (TPSA) is 117 Å². The first-order valence-corrected chi connectivity index (χ1v) is 9.70. The molecular weight excluding hydrogens is 464 g/mol. The highest BCUT2D eigenvalue weighted by molar-refractivity contribution is 6.09. The molecule has 2 aromatic carbocycles. The van der Waals surface area contributed by atoms with E-state index in [-0.39, 0.29) is 17.0 Å². The third-order valence-corrected chi connectivity index (χ3v) is 4.88.